The van der Waals surface area contributed by atoms with Crippen LogP contribution in [-0.4, -0.2) is 54.4 Å². The van der Waals surface area contributed by atoms with Gasteiger partial charge >= 0.3 is 5.97 Å². The highest BCUT2D eigenvalue weighted by molar-refractivity contribution is 8.01. The van der Waals surface area contributed by atoms with Crippen molar-refractivity contribution in [1.82, 2.24) is 10.2 Å². The van der Waals surface area contributed by atoms with Gasteiger partial charge < -0.3 is 15.0 Å². The average molecular weight is 390 g/mol. The normalized spacial score (nSPS) is 19.6. The maximum atomic E-state index is 12.0. The van der Waals surface area contributed by atoms with Crippen LogP contribution in [-0.2, 0) is 9.53 Å². The number of nitrogens with one attached hydrogen (secondary N) is 1. The maximum Gasteiger partial charge on any atom is 0.309 e. The zero-order chi connectivity index (χ0) is 19.1. The second kappa shape index (κ2) is 9.49. The maximum absolute atomic E-state index is 12.0. The molecule has 2 fully saturated rings. The van der Waals surface area contributed by atoms with Crippen molar-refractivity contribution in [1.29, 1.82) is 0 Å². The molecule has 1 aliphatic carbocycles. The third-order valence-corrected chi connectivity index (χ3v) is 6.63. The molecule has 0 bridgehead atoms. The number of guanidine groups is 1. The molecule has 6 heteroatoms. The Bertz CT molecular complexity index is 638. The smallest absolute Gasteiger partial charge is 0.309 e. The quantitative estimate of drug-likeness (QED) is 0.439. The Labute approximate surface area is 166 Å². The summed E-state index contributed by atoms with van der Waals surface area (Å²) < 4.78 is 5.43. The van der Waals surface area contributed by atoms with Gasteiger partial charge in [-0.1, -0.05) is 18.2 Å². The minimum atomic E-state index is -0.0460. The van der Waals surface area contributed by atoms with E-state index < -0.39 is 0 Å². The van der Waals surface area contributed by atoms with Gasteiger partial charge in [-0.2, -0.15) is 0 Å². The number of aliphatic imine (C=N–C) groups is 1. The lowest BCUT2D eigenvalue weighted by Crippen LogP contribution is -2.47. The minimum Gasteiger partial charge on any atom is -0.466 e. The van der Waals surface area contributed by atoms with E-state index >= 15 is 0 Å². The lowest BCUT2D eigenvalue weighted by molar-refractivity contribution is -0.149. The van der Waals surface area contributed by atoms with E-state index in [2.05, 4.69) is 47.5 Å². The fourth-order valence-corrected chi connectivity index (χ4v) is 4.63. The van der Waals surface area contributed by atoms with Gasteiger partial charge in [0.1, 0.15) is 0 Å². The lowest BCUT2D eigenvalue weighted by atomic mass is 9.97. The molecule has 1 aromatic rings. The summed E-state index contributed by atoms with van der Waals surface area (Å²) in [5.41, 5.74) is 0. The number of benzene rings is 1. The Morgan fingerprint density at radius 3 is 2.56 bits per heavy atom. The van der Waals surface area contributed by atoms with Gasteiger partial charge in [-0.15, -0.1) is 11.8 Å². The van der Waals surface area contributed by atoms with E-state index in [9.17, 15) is 4.79 Å². The number of nitrogens with zero attached hydrogens (tertiary/aromatic N) is 2. The number of thioether (sulfide) groups is 1. The summed E-state index contributed by atoms with van der Waals surface area (Å²) in [5.74, 6) is 0.975. The Hall–Kier alpha value is -1.69. The second-order valence-corrected chi connectivity index (χ2v) is 8.82. The Balaban J connectivity index is 1.56. The van der Waals surface area contributed by atoms with Crippen molar-refractivity contribution in [2.24, 2.45) is 10.9 Å². The molecule has 0 atom stereocenters. The predicted molar refractivity (Wildman–Crippen MR) is 111 cm³/mol. The molecule has 5 nitrogen and oxygen atoms in total. The van der Waals surface area contributed by atoms with Crippen LogP contribution in [0, 0.1) is 5.92 Å². The molecule has 27 heavy (non-hydrogen) atoms. The van der Waals surface area contributed by atoms with Gasteiger partial charge in [-0.3, -0.25) is 9.79 Å². The van der Waals surface area contributed by atoms with Crippen LogP contribution in [0.5, 0.6) is 0 Å². The molecule has 148 valence electrons. The highest BCUT2D eigenvalue weighted by Crippen LogP contribution is 2.51. The van der Waals surface area contributed by atoms with E-state index in [1.165, 1.54) is 17.7 Å². The summed E-state index contributed by atoms with van der Waals surface area (Å²) >= 11 is 1.96. The Morgan fingerprint density at radius 1 is 1.26 bits per heavy atom. The van der Waals surface area contributed by atoms with Gasteiger partial charge in [0.05, 0.1) is 19.1 Å². The van der Waals surface area contributed by atoms with Crippen molar-refractivity contribution in [2.75, 3.05) is 32.8 Å². The Morgan fingerprint density at radius 2 is 1.96 bits per heavy atom. The number of likely N-dealkylation sites (tertiary alicyclic amines) is 1. The van der Waals surface area contributed by atoms with Crippen molar-refractivity contribution < 1.29 is 9.53 Å². The topological polar surface area (TPSA) is 53.9 Å². The lowest BCUT2D eigenvalue weighted by Gasteiger charge is -2.33. The highest BCUT2D eigenvalue weighted by atomic mass is 32.2. The predicted octanol–water partition coefficient (Wildman–Crippen LogP) is 3.55. The van der Waals surface area contributed by atoms with Crippen LogP contribution < -0.4 is 5.32 Å². The SMILES string of the molecule is CCNC(=NCC1(Sc2ccccc2)CC1)N1CCC(C(=O)OCC)CC1. The van der Waals surface area contributed by atoms with Gasteiger partial charge in [0.2, 0.25) is 0 Å². The molecule has 1 aliphatic heterocycles. The number of hydrogen-bond donors (Lipinski definition) is 1. The summed E-state index contributed by atoms with van der Waals surface area (Å²) in [6.45, 7) is 7.84. The average Bonchev–Trinajstić information content (AvgIpc) is 3.46. The zero-order valence-electron chi connectivity index (χ0n) is 16.4. The molecule has 1 heterocycles. The van der Waals surface area contributed by atoms with E-state index in [-0.39, 0.29) is 16.6 Å². The van der Waals surface area contributed by atoms with E-state index in [0.717, 1.165) is 45.0 Å². The standard InChI is InChI=1S/C21H31N3O2S/c1-3-22-20(24-14-10-17(11-15-24)19(25)26-4-2)23-16-21(12-13-21)27-18-8-6-5-7-9-18/h5-9,17H,3-4,10-16H2,1-2H3,(H,22,23). The first-order chi connectivity index (χ1) is 13.2. The van der Waals surface area contributed by atoms with Crippen LogP contribution in [0.1, 0.15) is 39.5 Å². The fraction of sp³-hybridized carbons (Fsp3) is 0.619. The van der Waals surface area contributed by atoms with Crippen LogP contribution >= 0.6 is 11.8 Å². The largest absolute Gasteiger partial charge is 0.466 e. The number of piperidine rings is 1. The molecule has 2 aliphatic rings. The molecule has 1 saturated heterocycles. The van der Waals surface area contributed by atoms with Gasteiger partial charge in [-0.25, -0.2) is 0 Å². The number of carbonyl (C=O) groups excluding carboxylic acids is 1. The molecular weight excluding hydrogens is 358 g/mol. The molecule has 1 saturated carbocycles. The van der Waals surface area contributed by atoms with Gasteiger partial charge in [0, 0.05) is 29.3 Å². The summed E-state index contributed by atoms with van der Waals surface area (Å²) in [6, 6.07) is 10.6. The Kier molecular flexibility index (Phi) is 7.05. The van der Waals surface area contributed by atoms with Crippen molar-refractivity contribution in [3.05, 3.63) is 30.3 Å². The molecular formula is C21H31N3O2S. The first-order valence-electron chi connectivity index (χ1n) is 10.1. The van der Waals surface area contributed by atoms with Crippen LogP contribution in [0.3, 0.4) is 0 Å². The van der Waals surface area contributed by atoms with Gasteiger partial charge in [-0.05, 0) is 51.7 Å². The number of ether oxygens (including phenoxy) is 1. The fourth-order valence-electron chi connectivity index (χ4n) is 3.40. The van der Waals surface area contributed by atoms with Crippen molar-refractivity contribution >= 4 is 23.7 Å². The minimum absolute atomic E-state index is 0.0347. The third-order valence-electron chi connectivity index (χ3n) is 5.15. The number of rotatable bonds is 7. The first-order valence-corrected chi connectivity index (χ1v) is 10.9. The molecule has 0 radical (unpaired) electrons. The van der Waals surface area contributed by atoms with Crippen molar-refractivity contribution in [3.8, 4) is 0 Å². The van der Waals surface area contributed by atoms with Crippen LogP contribution in [0.2, 0.25) is 0 Å². The molecule has 0 amide bonds. The summed E-state index contributed by atoms with van der Waals surface area (Å²) in [7, 11) is 0. The van der Waals surface area contributed by atoms with Gasteiger partial charge in [0.25, 0.3) is 0 Å². The van der Waals surface area contributed by atoms with E-state index in [1.54, 1.807) is 0 Å². The molecule has 0 spiro atoms. The van der Waals surface area contributed by atoms with E-state index in [0.29, 0.717) is 6.61 Å². The monoisotopic (exact) mass is 389 g/mol. The summed E-state index contributed by atoms with van der Waals surface area (Å²) in [4.78, 5) is 20.5. The highest BCUT2D eigenvalue weighted by Gasteiger charge is 2.43. The van der Waals surface area contributed by atoms with Crippen LogP contribution in [0.25, 0.3) is 0 Å². The molecule has 1 aromatic carbocycles. The molecule has 0 aromatic heterocycles. The van der Waals surface area contributed by atoms with E-state index in [1.807, 2.05) is 18.7 Å². The van der Waals surface area contributed by atoms with Crippen LogP contribution in [0.15, 0.2) is 40.2 Å². The number of esters is 1. The summed E-state index contributed by atoms with van der Waals surface area (Å²) in [5, 5.41) is 3.44. The van der Waals surface area contributed by atoms with Crippen molar-refractivity contribution in [3.63, 3.8) is 0 Å². The molecule has 0 unspecified atom stereocenters. The summed E-state index contributed by atoms with van der Waals surface area (Å²) in [6.07, 6.45) is 4.13. The molecule has 1 N–H and O–H groups in total. The third kappa shape index (κ3) is 5.64. The van der Waals surface area contributed by atoms with Gasteiger partial charge in [0.15, 0.2) is 5.96 Å². The molecule has 3 rings (SSSR count). The second-order valence-electron chi connectivity index (χ2n) is 7.28. The number of carbonyl (C=O) groups is 1. The number of hydrogen-bond acceptors (Lipinski definition) is 4. The van der Waals surface area contributed by atoms with E-state index in [4.69, 9.17) is 9.73 Å². The zero-order valence-corrected chi connectivity index (χ0v) is 17.3. The van der Waals surface area contributed by atoms with Crippen LogP contribution in [0.4, 0.5) is 0 Å². The van der Waals surface area contributed by atoms with Crippen molar-refractivity contribution in [2.45, 2.75) is 49.2 Å². The first kappa shape index (κ1) is 20.1.